The number of aliphatic imine (C=N–C) groups is 1. The van der Waals surface area contributed by atoms with Crippen LogP contribution in [0.4, 0.5) is 5.69 Å². The van der Waals surface area contributed by atoms with Crippen LogP contribution in [0.5, 0.6) is 0 Å². The Hall–Kier alpha value is -2.60. The summed E-state index contributed by atoms with van der Waals surface area (Å²) in [6.45, 7) is 1.97. The molecule has 0 saturated carbocycles. The topological polar surface area (TPSA) is 63.9 Å². The Morgan fingerprint density at radius 2 is 2.00 bits per heavy atom. The average Bonchev–Trinajstić information content (AvgIpc) is 3.09. The van der Waals surface area contributed by atoms with Gasteiger partial charge in [-0.3, -0.25) is 9.98 Å². The van der Waals surface area contributed by atoms with Gasteiger partial charge in [-0.05, 0) is 31.4 Å². The molecule has 0 N–H and O–H groups in total. The number of pyridine rings is 2. The zero-order chi connectivity index (χ0) is 16.5. The summed E-state index contributed by atoms with van der Waals surface area (Å²) in [4.78, 5) is 23.9. The highest BCUT2D eigenvalue weighted by Gasteiger charge is 2.19. The second-order valence-corrected chi connectivity index (χ2v) is 6.36. The van der Waals surface area contributed by atoms with Crippen molar-refractivity contribution in [1.82, 2.24) is 19.9 Å². The van der Waals surface area contributed by atoms with Crippen molar-refractivity contribution >= 4 is 23.7 Å². The molecule has 4 rings (SSSR count). The predicted octanol–water partition coefficient (Wildman–Crippen LogP) is 3.89. The van der Waals surface area contributed by atoms with Gasteiger partial charge in [-0.1, -0.05) is 6.07 Å². The predicted molar refractivity (Wildman–Crippen MR) is 96.9 cm³/mol. The standard InChI is InChI=1S/C18H15N5S/c1-11-4-3-5-15(21-11)18-22-14-6-7-20-17(14)16(23-18)12-8-13(24-2)10-19-9-12/h3-5,7-10H,6H2,1-2H3. The van der Waals surface area contributed by atoms with Gasteiger partial charge in [0, 0.05) is 41.2 Å². The van der Waals surface area contributed by atoms with E-state index in [0.29, 0.717) is 5.82 Å². The molecular formula is C18H15N5S. The van der Waals surface area contributed by atoms with Crippen molar-refractivity contribution in [2.75, 3.05) is 6.26 Å². The molecule has 6 heteroatoms. The second kappa shape index (κ2) is 6.13. The molecule has 24 heavy (non-hydrogen) atoms. The zero-order valence-corrected chi connectivity index (χ0v) is 14.2. The summed E-state index contributed by atoms with van der Waals surface area (Å²) in [6, 6.07) is 7.96. The molecule has 0 saturated heterocycles. The molecule has 0 unspecified atom stereocenters. The molecule has 3 aromatic rings. The molecule has 0 amide bonds. The lowest BCUT2D eigenvalue weighted by molar-refractivity contribution is 1.07. The SMILES string of the molecule is CSc1cncc(-c2nc(-c3cccc(C)n3)nc3c2N=CC3)c1. The molecule has 0 spiro atoms. The van der Waals surface area contributed by atoms with Crippen LogP contribution in [0, 0.1) is 6.92 Å². The summed E-state index contributed by atoms with van der Waals surface area (Å²) in [7, 11) is 0. The summed E-state index contributed by atoms with van der Waals surface area (Å²) in [6.07, 6.45) is 8.30. The van der Waals surface area contributed by atoms with Gasteiger partial charge in [0.25, 0.3) is 0 Å². The van der Waals surface area contributed by atoms with E-state index in [0.717, 1.165) is 45.3 Å². The lowest BCUT2D eigenvalue weighted by atomic mass is 10.1. The fourth-order valence-corrected chi connectivity index (χ4v) is 3.06. The van der Waals surface area contributed by atoms with Crippen molar-refractivity contribution in [3.63, 3.8) is 0 Å². The highest BCUT2D eigenvalue weighted by Crippen LogP contribution is 2.36. The van der Waals surface area contributed by atoms with Crippen molar-refractivity contribution < 1.29 is 0 Å². The van der Waals surface area contributed by atoms with Gasteiger partial charge < -0.3 is 0 Å². The Labute approximate surface area is 144 Å². The summed E-state index contributed by atoms with van der Waals surface area (Å²) in [5, 5.41) is 0. The smallest absolute Gasteiger partial charge is 0.179 e. The first-order chi connectivity index (χ1) is 11.7. The molecule has 0 aromatic carbocycles. The largest absolute Gasteiger partial charge is 0.263 e. The van der Waals surface area contributed by atoms with E-state index >= 15 is 0 Å². The van der Waals surface area contributed by atoms with Crippen molar-refractivity contribution in [3.8, 4) is 22.8 Å². The van der Waals surface area contributed by atoms with Crippen LogP contribution in [0.25, 0.3) is 22.8 Å². The molecule has 1 aliphatic heterocycles. The highest BCUT2D eigenvalue weighted by atomic mass is 32.2. The number of fused-ring (bicyclic) bond motifs is 1. The van der Waals surface area contributed by atoms with Crippen LogP contribution >= 0.6 is 11.8 Å². The molecule has 0 radical (unpaired) electrons. The van der Waals surface area contributed by atoms with Crippen LogP contribution in [-0.4, -0.2) is 32.4 Å². The van der Waals surface area contributed by atoms with E-state index in [4.69, 9.17) is 4.98 Å². The summed E-state index contributed by atoms with van der Waals surface area (Å²) >= 11 is 1.66. The van der Waals surface area contributed by atoms with Gasteiger partial charge in [0.1, 0.15) is 17.1 Å². The Bertz CT molecular complexity index is 952. The van der Waals surface area contributed by atoms with Gasteiger partial charge in [-0.25, -0.2) is 15.0 Å². The first-order valence-electron chi connectivity index (χ1n) is 7.61. The maximum Gasteiger partial charge on any atom is 0.179 e. The van der Waals surface area contributed by atoms with Crippen LogP contribution in [0.15, 0.2) is 46.5 Å². The third-order valence-electron chi connectivity index (χ3n) is 3.80. The van der Waals surface area contributed by atoms with E-state index < -0.39 is 0 Å². The zero-order valence-electron chi connectivity index (χ0n) is 13.4. The van der Waals surface area contributed by atoms with E-state index in [1.165, 1.54) is 0 Å². The Morgan fingerprint density at radius 1 is 1.08 bits per heavy atom. The van der Waals surface area contributed by atoms with E-state index in [2.05, 4.69) is 26.0 Å². The minimum absolute atomic E-state index is 0.632. The van der Waals surface area contributed by atoms with Crippen LogP contribution in [-0.2, 0) is 6.42 Å². The first-order valence-corrected chi connectivity index (χ1v) is 8.84. The molecule has 0 fully saturated rings. The molecule has 3 aromatic heterocycles. The quantitative estimate of drug-likeness (QED) is 0.680. The van der Waals surface area contributed by atoms with Crippen LogP contribution < -0.4 is 0 Å². The maximum absolute atomic E-state index is 4.76. The molecule has 1 aliphatic rings. The Kier molecular flexibility index (Phi) is 3.82. The molecule has 0 bridgehead atoms. The molecular weight excluding hydrogens is 318 g/mol. The first kappa shape index (κ1) is 15.0. The van der Waals surface area contributed by atoms with Gasteiger partial charge >= 0.3 is 0 Å². The number of aryl methyl sites for hydroxylation is 1. The fourth-order valence-electron chi connectivity index (χ4n) is 2.65. The minimum Gasteiger partial charge on any atom is -0.263 e. The summed E-state index contributed by atoms with van der Waals surface area (Å²) in [5.41, 5.74) is 5.27. The fraction of sp³-hybridized carbons (Fsp3) is 0.167. The van der Waals surface area contributed by atoms with Crippen molar-refractivity contribution in [2.24, 2.45) is 4.99 Å². The summed E-state index contributed by atoms with van der Waals surface area (Å²) in [5.74, 6) is 0.632. The third-order valence-corrected chi connectivity index (χ3v) is 4.50. The number of hydrogen-bond acceptors (Lipinski definition) is 6. The number of rotatable bonds is 3. The van der Waals surface area contributed by atoms with Gasteiger partial charge in [0.05, 0.1) is 5.69 Å². The van der Waals surface area contributed by atoms with Gasteiger partial charge in [0.15, 0.2) is 5.82 Å². The Balaban J connectivity index is 1.91. The third kappa shape index (κ3) is 2.69. The van der Waals surface area contributed by atoms with Crippen molar-refractivity contribution in [3.05, 3.63) is 48.0 Å². The molecule has 4 heterocycles. The highest BCUT2D eigenvalue weighted by molar-refractivity contribution is 7.98. The average molecular weight is 333 g/mol. The number of aromatic nitrogens is 4. The number of thioether (sulfide) groups is 1. The lowest BCUT2D eigenvalue weighted by Gasteiger charge is -2.09. The normalized spacial score (nSPS) is 12.4. The van der Waals surface area contributed by atoms with Gasteiger partial charge in [-0.2, -0.15) is 0 Å². The lowest BCUT2D eigenvalue weighted by Crippen LogP contribution is -1.99. The van der Waals surface area contributed by atoms with Crippen molar-refractivity contribution in [2.45, 2.75) is 18.2 Å². The van der Waals surface area contributed by atoms with E-state index in [1.54, 1.807) is 11.8 Å². The maximum atomic E-state index is 4.76. The summed E-state index contributed by atoms with van der Waals surface area (Å²) < 4.78 is 0. The van der Waals surface area contributed by atoms with E-state index in [9.17, 15) is 0 Å². The molecule has 118 valence electrons. The number of nitrogens with zero attached hydrogens (tertiary/aromatic N) is 5. The van der Waals surface area contributed by atoms with Gasteiger partial charge in [-0.15, -0.1) is 11.8 Å². The molecule has 0 aliphatic carbocycles. The Morgan fingerprint density at radius 3 is 2.83 bits per heavy atom. The van der Waals surface area contributed by atoms with Crippen LogP contribution in [0.2, 0.25) is 0 Å². The van der Waals surface area contributed by atoms with E-state index in [1.807, 2.05) is 50.0 Å². The number of hydrogen-bond donors (Lipinski definition) is 0. The van der Waals surface area contributed by atoms with Gasteiger partial charge in [0.2, 0.25) is 0 Å². The molecule has 0 atom stereocenters. The monoisotopic (exact) mass is 333 g/mol. The van der Waals surface area contributed by atoms with Crippen LogP contribution in [0.1, 0.15) is 11.4 Å². The second-order valence-electron chi connectivity index (χ2n) is 5.48. The van der Waals surface area contributed by atoms with E-state index in [-0.39, 0.29) is 0 Å². The van der Waals surface area contributed by atoms with Crippen LogP contribution in [0.3, 0.4) is 0 Å². The molecule has 5 nitrogen and oxygen atoms in total. The minimum atomic E-state index is 0.632. The van der Waals surface area contributed by atoms with Crippen molar-refractivity contribution in [1.29, 1.82) is 0 Å².